The summed E-state index contributed by atoms with van der Waals surface area (Å²) in [4.78, 5) is 65.3. The number of aromatic nitrogens is 1. The normalized spacial score (nSPS) is 14.9. The van der Waals surface area contributed by atoms with Gasteiger partial charge in [0.2, 0.25) is 23.6 Å². The minimum atomic E-state index is -1.55. The largest absolute Gasteiger partial charge is 0.480 e. The molecule has 0 spiro atoms. The summed E-state index contributed by atoms with van der Waals surface area (Å²) >= 11 is 0. The second-order valence-corrected chi connectivity index (χ2v) is 9.96. The molecule has 2 rings (SSSR count). The Morgan fingerprint density at radius 1 is 0.975 bits per heavy atom. The average molecular weight is 560 g/mol. The first-order chi connectivity index (χ1) is 19.0. The Morgan fingerprint density at radius 3 is 2.27 bits per heavy atom. The van der Waals surface area contributed by atoms with Gasteiger partial charge in [0.05, 0.1) is 12.5 Å². The maximum atomic E-state index is 13.3. The second-order valence-electron chi connectivity index (χ2n) is 9.96. The van der Waals surface area contributed by atoms with Crippen molar-refractivity contribution in [1.82, 2.24) is 20.9 Å². The van der Waals surface area contributed by atoms with Crippen LogP contribution in [0.5, 0.6) is 0 Å². The first-order valence-corrected chi connectivity index (χ1v) is 13.4. The molecule has 11 N–H and O–H groups in total. The number of aromatic amines is 1. The fraction of sp³-hybridized carbons (Fsp3) is 0.519. The summed E-state index contributed by atoms with van der Waals surface area (Å²) in [6, 6.07) is 3.01. The summed E-state index contributed by atoms with van der Waals surface area (Å²) in [5, 5.41) is 17.9. The van der Waals surface area contributed by atoms with Crippen molar-refractivity contribution in [2.45, 2.75) is 76.5 Å². The van der Waals surface area contributed by atoms with Gasteiger partial charge in [-0.05, 0) is 49.8 Å². The topological polar surface area (TPSA) is 236 Å². The number of primary amides is 1. The zero-order chi connectivity index (χ0) is 29.8. The third-order valence-electron chi connectivity index (χ3n) is 6.84. The van der Waals surface area contributed by atoms with Crippen LogP contribution in [-0.2, 0) is 30.4 Å². The van der Waals surface area contributed by atoms with Crippen LogP contribution in [0.1, 0.15) is 51.5 Å². The minimum absolute atomic E-state index is 0.237. The highest BCUT2D eigenvalue weighted by molar-refractivity contribution is 5.95. The van der Waals surface area contributed by atoms with Crippen LogP contribution in [0.3, 0.4) is 0 Å². The molecule has 13 nitrogen and oxygen atoms in total. The van der Waals surface area contributed by atoms with E-state index in [0.29, 0.717) is 25.8 Å². The monoisotopic (exact) mass is 559 g/mol. The molecule has 1 aromatic carbocycles. The molecule has 40 heavy (non-hydrogen) atoms. The third-order valence-corrected chi connectivity index (χ3v) is 6.84. The van der Waals surface area contributed by atoms with Gasteiger partial charge in [-0.3, -0.25) is 19.2 Å². The van der Waals surface area contributed by atoms with Crippen molar-refractivity contribution in [2.24, 2.45) is 23.1 Å². The summed E-state index contributed by atoms with van der Waals surface area (Å²) in [5.74, 6) is -4.65. The van der Waals surface area contributed by atoms with E-state index in [1.165, 1.54) is 0 Å². The number of amides is 4. The van der Waals surface area contributed by atoms with E-state index < -0.39 is 66.1 Å². The minimum Gasteiger partial charge on any atom is -0.480 e. The van der Waals surface area contributed by atoms with Gasteiger partial charge in [-0.1, -0.05) is 38.5 Å². The van der Waals surface area contributed by atoms with Gasteiger partial charge in [-0.25, -0.2) is 4.79 Å². The van der Waals surface area contributed by atoms with Crippen LogP contribution in [0.15, 0.2) is 30.5 Å². The highest BCUT2D eigenvalue weighted by Gasteiger charge is 2.33. The number of carboxylic acid groups (broad SMARTS) is 1. The molecule has 0 saturated carbocycles. The SMILES string of the molecule is CCC(C)C(NC(=O)C(CCCCN)NC(=O)C(N)Cc1c[nH]c2ccccc12)C(=O)NC(CC(N)=O)C(=O)O. The van der Waals surface area contributed by atoms with E-state index in [0.717, 1.165) is 16.5 Å². The Balaban J connectivity index is 2.15. The van der Waals surface area contributed by atoms with Crippen LogP contribution in [0.2, 0.25) is 0 Å². The number of aliphatic carboxylic acids is 1. The number of carboxylic acids is 1. The lowest BCUT2D eigenvalue weighted by atomic mass is 9.96. The van der Waals surface area contributed by atoms with E-state index in [2.05, 4.69) is 20.9 Å². The first kappa shape index (κ1) is 32.2. The van der Waals surface area contributed by atoms with Gasteiger partial charge in [0, 0.05) is 17.1 Å². The van der Waals surface area contributed by atoms with Gasteiger partial charge < -0.3 is 43.2 Å². The maximum Gasteiger partial charge on any atom is 0.326 e. The van der Waals surface area contributed by atoms with E-state index in [9.17, 15) is 29.1 Å². The number of fused-ring (bicyclic) bond motifs is 1. The maximum absolute atomic E-state index is 13.3. The van der Waals surface area contributed by atoms with Crippen molar-refractivity contribution in [3.05, 3.63) is 36.0 Å². The summed E-state index contributed by atoms with van der Waals surface area (Å²) in [6.45, 7) is 3.92. The fourth-order valence-electron chi connectivity index (χ4n) is 4.29. The van der Waals surface area contributed by atoms with Gasteiger partial charge in [0.15, 0.2) is 0 Å². The lowest BCUT2D eigenvalue weighted by Gasteiger charge is -2.28. The van der Waals surface area contributed by atoms with Crippen LogP contribution in [0, 0.1) is 5.92 Å². The average Bonchev–Trinajstić information content (AvgIpc) is 3.32. The molecular weight excluding hydrogens is 518 g/mol. The molecular formula is C27H41N7O6. The first-order valence-electron chi connectivity index (χ1n) is 13.4. The number of nitrogens with two attached hydrogens (primary N) is 3. The van der Waals surface area contributed by atoms with Crippen molar-refractivity contribution in [3.63, 3.8) is 0 Å². The van der Waals surface area contributed by atoms with Gasteiger partial charge in [-0.2, -0.15) is 0 Å². The zero-order valence-electron chi connectivity index (χ0n) is 22.9. The molecule has 0 aliphatic carbocycles. The van der Waals surface area contributed by atoms with Crippen molar-refractivity contribution in [1.29, 1.82) is 0 Å². The van der Waals surface area contributed by atoms with Crippen LogP contribution < -0.4 is 33.2 Å². The van der Waals surface area contributed by atoms with Gasteiger partial charge in [0.25, 0.3) is 0 Å². The number of nitrogens with one attached hydrogen (secondary N) is 4. The van der Waals surface area contributed by atoms with E-state index in [1.54, 1.807) is 20.0 Å². The number of hydrogen-bond donors (Lipinski definition) is 8. The number of H-pyrrole nitrogens is 1. The van der Waals surface area contributed by atoms with Crippen LogP contribution in [0.25, 0.3) is 10.9 Å². The summed E-state index contributed by atoms with van der Waals surface area (Å²) in [6.07, 6.45) is 3.31. The van der Waals surface area contributed by atoms with E-state index in [1.807, 2.05) is 24.3 Å². The molecule has 0 bridgehead atoms. The Hall–Kier alpha value is -3.97. The summed E-state index contributed by atoms with van der Waals surface area (Å²) in [5.41, 5.74) is 18.7. The Bertz CT molecular complexity index is 1180. The molecule has 1 heterocycles. The fourth-order valence-corrected chi connectivity index (χ4v) is 4.29. The Morgan fingerprint density at radius 2 is 1.65 bits per heavy atom. The molecule has 13 heteroatoms. The molecule has 5 atom stereocenters. The predicted molar refractivity (Wildman–Crippen MR) is 150 cm³/mol. The number of para-hydroxylation sites is 1. The Labute approximate surface area is 233 Å². The molecule has 0 aliphatic rings. The lowest BCUT2D eigenvalue weighted by Crippen LogP contribution is -2.59. The molecule has 1 aromatic heterocycles. The molecule has 2 aromatic rings. The van der Waals surface area contributed by atoms with Crippen LogP contribution in [0.4, 0.5) is 0 Å². The predicted octanol–water partition coefficient (Wildman–Crippen LogP) is -0.373. The number of unbranched alkanes of at least 4 members (excludes halogenated alkanes) is 1. The molecule has 0 saturated heterocycles. The van der Waals surface area contributed by atoms with Crippen molar-refractivity contribution in [2.75, 3.05) is 6.54 Å². The van der Waals surface area contributed by atoms with E-state index >= 15 is 0 Å². The molecule has 220 valence electrons. The van der Waals surface area contributed by atoms with Gasteiger partial charge in [-0.15, -0.1) is 0 Å². The lowest BCUT2D eigenvalue weighted by molar-refractivity contribution is -0.144. The smallest absolute Gasteiger partial charge is 0.326 e. The highest BCUT2D eigenvalue weighted by atomic mass is 16.4. The zero-order valence-corrected chi connectivity index (χ0v) is 22.9. The molecule has 0 aliphatic heterocycles. The molecule has 5 unspecified atom stereocenters. The van der Waals surface area contributed by atoms with Gasteiger partial charge in [0.1, 0.15) is 18.1 Å². The number of carbonyl (C=O) groups is 5. The quantitative estimate of drug-likeness (QED) is 0.119. The summed E-state index contributed by atoms with van der Waals surface area (Å²) in [7, 11) is 0. The van der Waals surface area contributed by atoms with Crippen LogP contribution >= 0.6 is 0 Å². The van der Waals surface area contributed by atoms with Crippen molar-refractivity contribution >= 4 is 40.5 Å². The third kappa shape index (κ3) is 9.35. The second kappa shape index (κ2) is 15.6. The van der Waals surface area contributed by atoms with Gasteiger partial charge >= 0.3 is 5.97 Å². The van der Waals surface area contributed by atoms with Crippen molar-refractivity contribution < 1.29 is 29.1 Å². The molecule has 0 radical (unpaired) electrons. The number of carbonyl (C=O) groups excluding carboxylic acids is 4. The molecule has 0 fully saturated rings. The van der Waals surface area contributed by atoms with E-state index in [-0.39, 0.29) is 12.8 Å². The number of rotatable bonds is 17. The Kier molecular flexibility index (Phi) is 12.6. The van der Waals surface area contributed by atoms with Crippen LogP contribution in [-0.4, -0.2) is 70.4 Å². The number of benzene rings is 1. The molecule has 4 amide bonds. The highest BCUT2D eigenvalue weighted by Crippen LogP contribution is 2.19. The summed E-state index contributed by atoms with van der Waals surface area (Å²) < 4.78 is 0. The van der Waals surface area contributed by atoms with Crippen molar-refractivity contribution in [3.8, 4) is 0 Å². The standard InChI is InChI=1S/C27H41N7O6/c1-3-15(2)23(26(38)33-21(27(39)40)13-22(30)35)34-25(37)20(10-6-7-11-28)32-24(36)18(29)12-16-14-31-19-9-5-4-8-17(16)19/h4-5,8-9,14-15,18,20-21,23,31H,3,6-7,10-13,28-29H2,1-2H3,(H2,30,35)(H,32,36)(H,33,38)(H,34,37)(H,39,40). The van der Waals surface area contributed by atoms with E-state index in [4.69, 9.17) is 17.2 Å². The number of hydrogen-bond acceptors (Lipinski definition) is 7.